The minimum absolute atomic E-state index is 0.143. The van der Waals surface area contributed by atoms with Crippen LogP contribution in [0.5, 0.6) is 11.5 Å². The number of rotatable bonds is 2. The van der Waals surface area contributed by atoms with Crippen molar-refractivity contribution in [3.05, 3.63) is 58.1 Å². The fourth-order valence-corrected chi connectivity index (χ4v) is 2.30. The molecular weight excluding hydrogens is 300 g/mol. The van der Waals surface area contributed by atoms with E-state index in [2.05, 4.69) is 48.8 Å². The van der Waals surface area contributed by atoms with E-state index in [1.54, 1.807) is 0 Å². The zero-order chi connectivity index (χ0) is 14.0. The summed E-state index contributed by atoms with van der Waals surface area (Å²) in [5.74, 6) is 1.74. The number of halogens is 1. The van der Waals surface area contributed by atoms with Gasteiger partial charge in [-0.2, -0.15) is 0 Å². The lowest BCUT2D eigenvalue weighted by Gasteiger charge is -2.20. The average Bonchev–Trinajstić information content (AvgIpc) is 2.33. The van der Waals surface area contributed by atoms with Gasteiger partial charge in [0.25, 0.3) is 0 Å². The number of hydrogen-bond acceptors (Lipinski definition) is 1. The Morgan fingerprint density at radius 3 is 2.21 bits per heavy atom. The van der Waals surface area contributed by atoms with E-state index in [1.807, 2.05) is 37.3 Å². The summed E-state index contributed by atoms with van der Waals surface area (Å²) in [6, 6.07) is 14.3. The maximum absolute atomic E-state index is 5.96. The van der Waals surface area contributed by atoms with Gasteiger partial charge in [-0.3, -0.25) is 0 Å². The monoisotopic (exact) mass is 318 g/mol. The average molecular weight is 319 g/mol. The number of aryl methyl sites for hydroxylation is 1. The Bertz CT molecular complexity index is 582. The molecule has 1 nitrogen and oxygen atoms in total. The lowest BCUT2D eigenvalue weighted by Crippen LogP contribution is -2.10. The van der Waals surface area contributed by atoms with Crippen molar-refractivity contribution >= 4 is 15.9 Å². The van der Waals surface area contributed by atoms with Crippen molar-refractivity contribution in [3.63, 3.8) is 0 Å². The molecule has 0 aliphatic rings. The van der Waals surface area contributed by atoms with Crippen LogP contribution in [0.25, 0.3) is 0 Å². The van der Waals surface area contributed by atoms with Gasteiger partial charge in [0.2, 0.25) is 0 Å². The molecule has 0 spiro atoms. The second-order valence-corrected chi connectivity index (χ2v) is 6.62. The van der Waals surface area contributed by atoms with Crippen LogP contribution in [0.15, 0.2) is 46.9 Å². The third-order valence-corrected chi connectivity index (χ3v) is 3.73. The summed E-state index contributed by atoms with van der Waals surface area (Å²) in [6.45, 7) is 8.66. The standard InChI is InChI=1S/C17H19BrO/c1-12-7-5-6-8-15(12)19-16-10-9-13(11-14(16)18)17(2,3)4/h5-11H,1-4H3. The highest BCUT2D eigenvalue weighted by Gasteiger charge is 2.15. The Morgan fingerprint density at radius 2 is 1.63 bits per heavy atom. The Hall–Kier alpha value is -1.28. The zero-order valence-corrected chi connectivity index (χ0v) is 13.4. The van der Waals surface area contributed by atoms with E-state index in [-0.39, 0.29) is 5.41 Å². The van der Waals surface area contributed by atoms with Crippen molar-refractivity contribution < 1.29 is 4.74 Å². The van der Waals surface area contributed by atoms with E-state index in [0.29, 0.717) is 0 Å². The van der Waals surface area contributed by atoms with Crippen LogP contribution in [0.3, 0.4) is 0 Å². The highest BCUT2D eigenvalue weighted by Crippen LogP contribution is 2.34. The first-order chi connectivity index (χ1) is 8.88. The Kier molecular flexibility index (Phi) is 4.00. The topological polar surface area (TPSA) is 9.23 Å². The van der Waals surface area contributed by atoms with Gasteiger partial charge < -0.3 is 4.74 Å². The van der Waals surface area contributed by atoms with Crippen molar-refractivity contribution in [1.29, 1.82) is 0 Å². The second kappa shape index (κ2) is 5.38. The van der Waals surface area contributed by atoms with Crippen LogP contribution in [0.2, 0.25) is 0 Å². The van der Waals surface area contributed by atoms with Gasteiger partial charge in [-0.15, -0.1) is 0 Å². The summed E-state index contributed by atoms with van der Waals surface area (Å²) >= 11 is 3.60. The van der Waals surface area contributed by atoms with Gasteiger partial charge in [0.05, 0.1) is 4.47 Å². The summed E-state index contributed by atoms with van der Waals surface area (Å²) in [6.07, 6.45) is 0. The van der Waals surface area contributed by atoms with Crippen molar-refractivity contribution in [3.8, 4) is 11.5 Å². The molecule has 2 aromatic carbocycles. The van der Waals surface area contributed by atoms with Crippen molar-refractivity contribution in [2.75, 3.05) is 0 Å². The van der Waals surface area contributed by atoms with Crippen LogP contribution in [0.1, 0.15) is 31.9 Å². The molecule has 0 amide bonds. The van der Waals surface area contributed by atoms with E-state index < -0.39 is 0 Å². The zero-order valence-electron chi connectivity index (χ0n) is 11.8. The highest BCUT2D eigenvalue weighted by atomic mass is 79.9. The highest BCUT2D eigenvalue weighted by molar-refractivity contribution is 9.10. The molecule has 100 valence electrons. The lowest BCUT2D eigenvalue weighted by molar-refractivity contribution is 0.474. The van der Waals surface area contributed by atoms with Gasteiger partial charge in [-0.25, -0.2) is 0 Å². The molecule has 0 fully saturated rings. The second-order valence-electron chi connectivity index (χ2n) is 5.76. The number of ether oxygens (including phenoxy) is 1. The van der Waals surface area contributed by atoms with Crippen LogP contribution in [0, 0.1) is 6.92 Å². The quantitative estimate of drug-likeness (QED) is 0.675. The van der Waals surface area contributed by atoms with Gasteiger partial charge in [0.15, 0.2) is 0 Å². The van der Waals surface area contributed by atoms with Gasteiger partial charge in [-0.1, -0.05) is 45.0 Å². The van der Waals surface area contributed by atoms with Crippen molar-refractivity contribution in [2.24, 2.45) is 0 Å². The molecule has 0 aliphatic heterocycles. The SMILES string of the molecule is Cc1ccccc1Oc1ccc(C(C)(C)C)cc1Br. The smallest absolute Gasteiger partial charge is 0.141 e. The van der Waals surface area contributed by atoms with Crippen LogP contribution in [0.4, 0.5) is 0 Å². The predicted octanol–water partition coefficient (Wildman–Crippen LogP) is 5.85. The van der Waals surface area contributed by atoms with Gasteiger partial charge in [-0.05, 0) is 57.6 Å². The molecule has 0 aromatic heterocycles. The largest absolute Gasteiger partial charge is 0.456 e. The van der Waals surface area contributed by atoms with Crippen molar-refractivity contribution in [1.82, 2.24) is 0 Å². The first-order valence-corrected chi connectivity index (χ1v) is 7.21. The number of benzene rings is 2. The van der Waals surface area contributed by atoms with E-state index in [4.69, 9.17) is 4.74 Å². The van der Waals surface area contributed by atoms with Gasteiger partial charge in [0.1, 0.15) is 11.5 Å². The lowest BCUT2D eigenvalue weighted by atomic mass is 9.87. The fourth-order valence-electron chi connectivity index (χ4n) is 1.84. The minimum Gasteiger partial charge on any atom is -0.456 e. The van der Waals surface area contributed by atoms with Crippen LogP contribution in [-0.2, 0) is 5.41 Å². The molecule has 2 rings (SSSR count). The molecular formula is C17H19BrO. The van der Waals surface area contributed by atoms with E-state index in [0.717, 1.165) is 21.5 Å². The number of para-hydroxylation sites is 1. The molecule has 2 aromatic rings. The predicted molar refractivity (Wildman–Crippen MR) is 84.1 cm³/mol. The normalized spacial score (nSPS) is 11.4. The molecule has 0 N–H and O–H groups in total. The molecule has 0 saturated heterocycles. The number of hydrogen-bond donors (Lipinski definition) is 0. The van der Waals surface area contributed by atoms with Gasteiger partial charge in [0, 0.05) is 0 Å². The molecule has 19 heavy (non-hydrogen) atoms. The summed E-state index contributed by atoms with van der Waals surface area (Å²) in [5.41, 5.74) is 2.56. The maximum atomic E-state index is 5.96. The molecule has 0 bridgehead atoms. The molecule has 0 saturated carbocycles. The van der Waals surface area contributed by atoms with E-state index in [1.165, 1.54) is 5.56 Å². The minimum atomic E-state index is 0.143. The molecule has 0 radical (unpaired) electrons. The summed E-state index contributed by atoms with van der Waals surface area (Å²) < 4.78 is 6.95. The van der Waals surface area contributed by atoms with Gasteiger partial charge >= 0.3 is 0 Å². The van der Waals surface area contributed by atoms with E-state index >= 15 is 0 Å². The van der Waals surface area contributed by atoms with Crippen LogP contribution >= 0.6 is 15.9 Å². The van der Waals surface area contributed by atoms with Crippen LogP contribution < -0.4 is 4.74 Å². The third kappa shape index (κ3) is 3.38. The third-order valence-electron chi connectivity index (χ3n) is 3.11. The maximum Gasteiger partial charge on any atom is 0.141 e. The molecule has 0 heterocycles. The Labute approximate surface area is 123 Å². The fraction of sp³-hybridized carbons (Fsp3) is 0.294. The molecule has 0 unspecified atom stereocenters. The van der Waals surface area contributed by atoms with E-state index in [9.17, 15) is 0 Å². The van der Waals surface area contributed by atoms with Crippen LogP contribution in [-0.4, -0.2) is 0 Å². The first-order valence-electron chi connectivity index (χ1n) is 6.41. The molecule has 0 atom stereocenters. The summed E-state index contributed by atoms with van der Waals surface area (Å²) in [7, 11) is 0. The summed E-state index contributed by atoms with van der Waals surface area (Å²) in [4.78, 5) is 0. The Balaban J connectivity index is 2.30. The first kappa shape index (κ1) is 14.1. The molecule has 0 aliphatic carbocycles. The Morgan fingerprint density at radius 1 is 0.947 bits per heavy atom. The van der Waals surface area contributed by atoms with Crippen molar-refractivity contribution in [2.45, 2.75) is 33.1 Å². The molecule has 2 heteroatoms. The summed E-state index contributed by atoms with van der Waals surface area (Å²) in [5, 5.41) is 0.